The van der Waals surface area contributed by atoms with Gasteiger partial charge in [0.05, 0.1) is 0 Å². The number of carbonyl (C=O) groups is 2. The van der Waals surface area contributed by atoms with E-state index in [1.54, 1.807) is 12.1 Å². The molecule has 0 saturated carbocycles. The van der Waals surface area contributed by atoms with Crippen molar-refractivity contribution in [1.29, 1.82) is 0 Å². The van der Waals surface area contributed by atoms with Crippen molar-refractivity contribution in [3.05, 3.63) is 35.4 Å². The van der Waals surface area contributed by atoms with Crippen LogP contribution in [0.4, 0.5) is 0 Å². The zero-order valence-corrected chi connectivity index (χ0v) is 10.8. The van der Waals surface area contributed by atoms with Crippen LogP contribution in [0.2, 0.25) is 0 Å². The maximum absolute atomic E-state index is 11.2. The predicted molar refractivity (Wildman–Crippen MR) is 68.3 cm³/mol. The molecule has 0 unspecified atom stereocenters. The van der Waals surface area contributed by atoms with Crippen molar-refractivity contribution in [2.24, 2.45) is 0 Å². The molecular weight excluding hydrogens is 244 g/mol. The zero-order valence-electron chi connectivity index (χ0n) is 10.8. The van der Waals surface area contributed by atoms with Gasteiger partial charge in [0.2, 0.25) is 0 Å². The monoisotopic (exact) mass is 258 g/mol. The van der Waals surface area contributed by atoms with Gasteiger partial charge in [0.1, 0.15) is 11.5 Å². The van der Waals surface area contributed by atoms with Gasteiger partial charge in [-0.3, -0.25) is 9.59 Å². The van der Waals surface area contributed by atoms with Crippen LogP contribution >= 0.6 is 0 Å². The molecule has 0 saturated heterocycles. The largest absolute Gasteiger partial charge is 0.426 e. The fraction of sp³-hybridized carbons (Fsp3) is 0.333. The second-order valence-electron chi connectivity index (χ2n) is 4.91. The summed E-state index contributed by atoms with van der Waals surface area (Å²) in [7, 11) is 0. The molecule has 0 amide bonds. The quantitative estimate of drug-likeness (QED) is 0.465. The number of hydrogen-bond acceptors (Lipinski definition) is 4. The Bertz CT molecular complexity index is 549. The summed E-state index contributed by atoms with van der Waals surface area (Å²) in [6.45, 7) is 2.77. The van der Waals surface area contributed by atoms with Gasteiger partial charge in [-0.15, -0.1) is 0 Å². The molecule has 0 spiro atoms. The highest BCUT2D eigenvalue weighted by molar-refractivity contribution is 5.74. The van der Waals surface area contributed by atoms with Crippen LogP contribution < -0.4 is 9.47 Å². The maximum Gasteiger partial charge on any atom is 0.308 e. The summed E-state index contributed by atoms with van der Waals surface area (Å²) in [5, 5.41) is 0. The van der Waals surface area contributed by atoms with Crippen LogP contribution in [0.5, 0.6) is 11.5 Å². The van der Waals surface area contributed by atoms with Crippen LogP contribution in [0.25, 0.3) is 0 Å². The van der Waals surface area contributed by atoms with Gasteiger partial charge in [-0.25, -0.2) is 0 Å². The summed E-state index contributed by atoms with van der Waals surface area (Å²) < 4.78 is 10.5. The van der Waals surface area contributed by atoms with Crippen LogP contribution in [0.15, 0.2) is 24.3 Å². The van der Waals surface area contributed by atoms with E-state index in [4.69, 9.17) is 9.47 Å². The van der Waals surface area contributed by atoms with Gasteiger partial charge in [-0.2, -0.15) is 0 Å². The molecular formula is C15H14O4. The summed E-state index contributed by atoms with van der Waals surface area (Å²) >= 11 is 0. The normalized spacial score (nSPS) is 22.2. The molecule has 1 aromatic carbocycles. The van der Waals surface area contributed by atoms with Crippen LogP contribution in [0.1, 0.15) is 43.2 Å². The molecule has 0 heterocycles. The topological polar surface area (TPSA) is 52.6 Å². The van der Waals surface area contributed by atoms with E-state index in [0.29, 0.717) is 11.5 Å². The summed E-state index contributed by atoms with van der Waals surface area (Å²) in [4.78, 5) is 22.3. The van der Waals surface area contributed by atoms with Gasteiger partial charge >= 0.3 is 11.9 Å². The Morgan fingerprint density at radius 3 is 1.74 bits per heavy atom. The molecule has 0 radical (unpaired) electrons. The van der Waals surface area contributed by atoms with E-state index >= 15 is 0 Å². The second kappa shape index (κ2) is 4.23. The van der Waals surface area contributed by atoms with Crippen molar-refractivity contribution < 1.29 is 19.1 Å². The fourth-order valence-electron chi connectivity index (χ4n) is 2.98. The summed E-state index contributed by atoms with van der Waals surface area (Å²) in [5.41, 5.74) is 1.97. The van der Waals surface area contributed by atoms with Crippen molar-refractivity contribution in [3.63, 3.8) is 0 Å². The lowest BCUT2D eigenvalue weighted by molar-refractivity contribution is -0.133. The lowest BCUT2D eigenvalue weighted by Crippen LogP contribution is -2.09. The third-order valence-electron chi connectivity index (χ3n) is 3.54. The van der Waals surface area contributed by atoms with Gasteiger partial charge in [0, 0.05) is 36.8 Å². The van der Waals surface area contributed by atoms with Crippen molar-refractivity contribution >= 4 is 11.9 Å². The van der Waals surface area contributed by atoms with Gasteiger partial charge in [0.25, 0.3) is 0 Å². The number of rotatable bonds is 2. The van der Waals surface area contributed by atoms with E-state index in [9.17, 15) is 9.59 Å². The first-order valence-corrected chi connectivity index (χ1v) is 6.28. The number of allylic oxidation sites excluding steroid dienone is 2. The lowest BCUT2D eigenvalue weighted by Gasteiger charge is -2.18. The number of fused-ring (bicyclic) bond motifs is 5. The molecule has 0 N–H and O–H groups in total. The van der Waals surface area contributed by atoms with Gasteiger partial charge < -0.3 is 9.47 Å². The Hall–Kier alpha value is -2.10. The average molecular weight is 258 g/mol. The molecule has 2 aliphatic rings. The van der Waals surface area contributed by atoms with Crippen LogP contribution in [-0.2, 0) is 9.59 Å². The standard InChI is InChI=1S/C15H14O4/c1-8(16)18-12-5-6-13(19-9(2)17)15-11-4-3-10(7-11)14(12)15/h3-6,10-11H,7H2,1-2H3/t10-,11+. The second-order valence-corrected chi connectivity index (χ2v) is 4.91. The molecule has 0 fully saturated rings. The van der Waals surface area contributed by atoms with E-state index in [2.05, 4.69) is 12.2 Å². The highest BCUT2D eigenvalue weighted by Gasteiger charge is 2.38. The van der Waals surface area contributed by atoms with Gasteiger partial charge in [-0.05, 0) is 18.6 Å². The molecule has 2 aliphatic carbocycles. The Morgan fingerprint density at radius 2 is 1.37 bits per heavy atom. The molecule has 2 atom stereocenters. The molecule has 1 aromatic rings. The molecule has 2 bridgehead atoms. The van der Waals surface area contributed by atoms with Crippen molar-refractivity contribution in [2.45, 2.75) is 32.1 Å². The van der Waals surface area contributed by atoms with E-state index in [-0.39, 0.29) is 23.8 Å². The maximum atomic E-state index is 11.2. The van der Waals surface area contributed by atoms with Crippen molar-refractivity contribution in [2.75, 3.05) is 0 Å². The lowest BCUT2D eigenvalue weighted by atomic mass is 9.95. The Kier molecular flexibility index (Phi) is 2.66. The fourth-order valence-corrected chi connectivity index (χ4v) is 2.98. The first-order chi connectivity index (χ1) is 9.06. The summed E-state index contributed by atoms with van der Waals surface area (Å²) in [5.74, 6) is 0.989. The highest BCUT2D eigenvalue weighted by atomic mass is 16.5. The molecule has 4 nitrogen and oxygen atoms in total. The predicted octanol–water partition coefficient (Wildman–Crippen LogP) is 2.68. The van der Waals surface area contributed by atoms with Crippen LogP contribution in [0, 0.1) is 0 Å². The molecule has 0 aliphatic heterocycles. The van der Waals surface area contributed by atoms with E-state index in [1.807, 2.05) is 0 Å². The number of esters is 2. The minimum absolute atomic E-state index is 0.254. The summed E-state index contributed by atoms with van der Waals surface area (Å²) in [6.07, 6.45) is 5.21. The number of ether oxygens (including phenoxy) is 2. The third kappa shape index (κ3) is 1.93. The third-order valence-corrected chi connectivity index (χ3v) is 3.54. The minimum atomic E-state index is -0.339. The van der Waals surface area contributed by atoms with E-state index < -0.39 is 0 Å². The smallest absolute Gasteiger partial charge is 0.308 e. The number of carbonyl (C=O) groups excluding carboxylic acids is 2. The molecule has 3 rings (SSSR count). The molecule has 98 valence electrons. The summed E-state index contributed by atoms with van der Waals surface area (Å²) in [6, 6.07) is 3.40. The Balaban J connectivity index is 2.09. The number of hydrogen-bond donors (Lipinski definition) is 0. The van der Waals surface area contributed by atoms with Crippen LogP contribution in [0.3, 0.4) is 0 Å². The molecule has 19 heavy (non-hydrogen) atoms. The van der Waals surface area contributed by atoms with E-state index in [1.165, 1.54) is 13.8 Å². The first kappa shape index (κ1) is 12.0. The van der Waals surface area contributed by atoms with E-state index in [0.717, 1.165) is 17.5 Å². The molecule has 4 heteroatoms. The van der Waals surface area contributed by atoms with Crippen molar-refractivity contribution in [1.82, 2.24) is 0 Å². The zero-order chi connectivity index (χ0) is 13.6. The minimum Gasteiger partial charge on any atom is -0.426 e. The average Bonchev–Trinajstić information content (AvgIpc) is 2.91. The van der Waals surface area contributed by atoms with Gasteiger partial charge in [-0.1, -0.05) is 12.2 Å². The van der Waals surface area contributed by atoms with Crippen LogP contribution in [-0.4, -0.2) is 11.9 Å². The highest BCUT2D eigenvalue weighted by Crippen LogP contribution is 2.55. The number of benzene rings is 1. The Labute approximate surface area is 111 Å². The van der Waals surface area contributed by atoms with Crippen molar-refractivity contribution in [3.8, 4) is 11.5 Å². The SMILES string of the molecule is CC(=O)Oc1ccc(OC(C)=O)c2c1[C@@H]1C=C[C@H]2C1. The Morgan fingerprint density at radius 1 is 0.947 bits per heavy atom. The van der Waals surface area contributed by atoms with Gasteiger partial charge in [0.15, 0.2) is 0 Å². The first-order valence-electron chi connectivity index (χ1n) is 6.28. The molecule has 0 aromatic heterocycles.